The first kappa shape index (κ1) is 28.1. The van der Waals surface area contributed by atoms with Gasteiger partial charge in [-0.25, -0.2) is 4.52 Å². The van der Waals surface area contributed by atoms with E-state index in [-0.39, 0.29) is 24.5 Å². The Morgan fingerprint density at radius 1 is 1.02 bits per heavy atom. The molecule has 9 nitrogen and oxygen atoms in total. The Kier molecular flexibility index (Phi) is 7.47. The highest BCUT2D eigenvalue weighted by molar-refractivity contribution is 5.95. The molecule has 2 N–H and O–H groups in total. The lowest BCUT2D eigenvalue weighted by atomic mass is 9.88. The zero-order chi connectivity index (χ0) is 29.7. The quantitative estimate of drug-likeness (QED) is 0.344. The minimum Gasteiger partial charge on any atom is -0.375 e. The smallest absolute Gasteiger partial charge is 0.255 e. The van der Waals surface area contributed by atoms with Crippen molar-refractivity contribution in [3.05, 3.63) is 59.3 Å². The lowest BCUT2D eigenvalue weighted by molar-refractivity contribution is -0.136. The molecule has 2 amide bonds. The zero-order valence-electron chi connectivity index (χ0n) is 25.3. The molecule has 2 aliphatic heterocycles. The molecule has 226 valence electrons. The van der Waals surface area contributed by atoms with Crippen LogP contribution in [0.4, 0.5) is 0 Å². The van der Waals surface area contributed by atoms with Crippen LogP contribution in [-0.4, -0.2) is 81.7 Å². The van der Waals surface area contributed by atoms with Crippen LogP contribution < -0.4 is 5.73 Å². The van der Waals surface area contributed by atoms with E-state index in [1.165, 1.54) is 29.3 Å². The third kappa shape index (κ3) is 5.33. The molecule has 1 aliphatic carbocycles. The van der Waals surface area contributed by atoms with Gasteiger partial charge in [0.05, 0.1) is 22.3 Å². The van der Waals surface area contributed by atoms with Crippen molar-refractivity contribution in [3.63, 3.8) is 0 Å². The molecule has 5 heterocycles. The number of fused-ring (bicyclic) bond motifs is 2. The Bertz CT molecular complexity index is 1680. The van der Waals surface area contributed by atoms with Crippen LogP contribution in [0.5, 0.6) is 0 Å². The van der Waals surface area contributed by atoms with E-state index in [0.29, 0.717) is 23.9 Å². The topological polar surface area (TPSA) is 98.1 Å². The summed E-state index contributed by atoms with van der Waals surface area (Å²) in [6, 6.07) is 13.0. The van der Waals surface area contributed by atoms with Gasteiger partial charge >= 0.3 is 0 Å². The second-order valence-electron chi connectivity index (χ2n) is 12.8. The summed E-state index contributed by atoms with van der Waals surface area (Å²) in [6.45, 7) is 6.13. The largest absolute Gasteiger partial charge is 0.375 e. The number of likely N-dealkylation sites (tertiary alicyclic amines) is 2. The van der Waals surface area contributed by atoms with Gasteiger partial charge in [0.1, 0.15) is 12.3 Å². The molecule has 43 heavy (non-hydrogen) atoms. The van der Waals surface area contributed by atoms with Crippen LogP contribution in [0.1, 0.15) is 65.9 Å². The number of amides is 2. The highest BCUT2D eigenvalue weighted by Crippen LogP contribution is 2.41. The first-order valence-electron chi connectivity index (χ1n) is 15.8. The first-order valence-corrected chi connectivity index (χ1v) is 15.8. The second-order valence-corrected chi connectivity index (χ2v) is 12.8. The first-order chi connectivity index (χ1) is 20.9. The van der Waals surface area contributed by atoms with Gasteiger partial charge in [-0.1, -0.05) is 18.2 Å². The van der Waals surface area contributed by atoms with E-state index in [2.05, 4.69) is 35.8 Å². The number of carbonyl (C=O) groups excluding carboxylic acids is 2. The lowest BCUT2D eigenvalue weighted by Gasteiger charge is -2.32. The number of hydrogen-bond acceptors (Lipinski definition) is 5. The van der Waals surface area contributed by atoms with Crippen LogP contribution in [0, 0.1) is 12.8 Å². The van der Waals surface area contributed by atoms with Gasteiger partial charge in [-0.05, 0) is 81.0 Å². The Morgan fingerprint density at radius 2 is 1.84 bits per heavy atom. The third-order valence-electron chi connectivity index (χ3n) is 9.76. The molecular formula is C34H42N6O3. The summed E-state index contributed by atoms with van der Waals surface area (Å²) in [5.74, 6) is 1.18. The van der Waals surface area contributed by atoms with Gasteiger partial charge in [-0.15, -0.1) is 0 Å². The fourth-order valence-electron chi connectivity index (χ4n) is 7.20. The van der Waals surface area contributed by atoms with Crippen molar-refractivity contribution in [2.75, 3.05) is 39.9 Å². The van der Waals surface area contributed by atoms with Crippen molar-refractivity contribution in [1.29, 1.82) is 0 Å². The van der Waals surface area contributed by atoms with Gasteiger partial charge in [-0.3, -0.25) is 9.59 Å². The SMILES string of the molecule is COCC(=O)N1CCC(c2cccc3cc(-c4nn5cc(C(=O)N6CCCC(N)C6)ccc5c4C)n(CC4CC4)c23)CC1. The predicted molar refractivity (Wildman–Crippen MR) is 167 cm³/mol. The molecule has 3 aliphatic rings. The molecule has 9 heteroatoms. The summed E-state index contributed by atoms with van der Waals surface area (Å²) in [5.41, 5.74) is 13.7. The highest BCUT2D eigenvalue weighted by atomic mass is 16.5. The van der Waals surface area contributed by atoms with Gasteiger partial charge in [0.15, 0.2) is 0 Å². The average molecular weight is 583 g/mol. The van der Waals surface area contributed by atoms with Crippen molar-refractivity contribution in [2.24, 2.45) is 11.7 Å². The number of benzene rings is 1. The number of pyridine rings is 1. The van der Waals surface area contributed by atoms with Gasteiger partial charge in [-0.2, -0.15) is 5.10 Å². The normalized spacial score (nSPS) is 19.9. The molecule has 1 saturated carbocycles. The fourth-order valence-corrected chi connectivity index (χ4v) is 7.20. The number of para-hydroxylation sites is 1. The van der Waals surface area contributed by atoms with Crippen LogP contribution in [0.3, 0.4) is 0 Å². The van der Waals surface area contributed by atoms with Crippen molar-refractivity contribution < 1.29 is 14.3 Å². The molecule has 1 aromatic carbocycles. The Hall–Kier alpha value is -3.69. The van der Waals surface area contributed by atoms with Crippen molar-refractivity contribution in [2.45, 2.75) is 64.0 Å². The maximum absolute atomic E-state index is 13.3. The summed E-state index contributed by atoms with van der Waals surface area (Å²) >= 11 is 0. The molecular weight excluding hydrogens is 540 g/mol. The number of aromatic nitrogens is 3. The second kappa shape index (κ2) is 11.4. The van der Waals surface area contributed by atoms with Crippen LogP contribution in [0.15, 0.2) is 42.6 Å². The number of aryl methyl sites for hydroxylation is 1. The summed E-state index contributed by atoms with van der Waals surface area (Å²) in [6.07, 6.45) is 8.21. The number of methoxy groups -OCH3 is 1. The fraction of sp³-hybridized carbons (Fsp3) is 0.500. The van der Waals surface area contributed by atoms with Gasteiger partial charge < -0.3 is 24.8 Å². The molecule has 0 bridgehead atoms. The number of ether oxygens (including phenoxy) is 1. The summed E-state index contributed by atoms with van der Waals surface area (Å²) < 4.78 is 9.48. The van der Waals surface area contributed by atoms with E-state index < -0.39 is 0 Å². The number of nitrogens with zero attached hydrogens (tertiary/aromatic N) is 5. The molecule has 0 radical (unpaired) electrons. The van der Waals surface area contributed by atoms with Crippen LogP contribution >= 0.6 is 0 Å². The van der Waals surface area contributed by atoms with E-state index in [1.54, 1.807) is 7.11 Å². The molecule has 2 saturated heterocycles. The van der Waals surface area contributed by atoms with Crippen molar-refractivity contribution in [1.82, 2.24) is 24.0 Å². The van der Waals surface area contributed by atoms with Crippen molar-refractivity contribution in [3.8, 4) is 11.4 Å². The number of hydrogen-bond donors (Lipinski definition) is 1. The number of rotatable bonds is 7. The number of carbonyl (C=O) groups is 2. The zero-order valence-corrected chi connectivity index (χ0v) is 25.3. The predicted octanol–water partition coefficient (Wildman–Crippen LogP) is 4.59. The molecule has 7 rings (SSSR count). The van der Waals surface area contributed by atoms with Crippen LogP contribution in [-0.2, 0) is 16.1 Å². The van der Waals surface area contributed by atoms with Gasteiger partial charge in [0.25, 0.3) is 5.91 Å². The van der Waals surface area contributed by atoms with E-state index >= 15 is 0 Å². The molecule has 3 fully saturated rings. The van der Waals surface area contributed by atoms with Crippen LogP contribution in [0.2, 0.25) is 0 Å². The Morgan fingerprint density at radius 3 is 2.58 bits per heavy atom. The standard InChI is InChI=1S/C34H42N6O3/c1-22-29-11-10-26(34(42)38-14-4-6-27(35)20-38)19-40(29)36-32(22)30-17-25-5-3-7-28(33(25)39(30)18-23-8-9-23)24-12-15-37(16-13-24)31(41)21-43-2/h3,5,7,10-11,17,19,23-24,27H,4,6,8-9,12-16,18,20-21,35H2,1-2H3. The number of piperidine rings is 2. The monoisotopic (exact) mass is 582 g/mol. The summed E-state index contributed by atoms with van der Waals surface area (Å²) in [7, 11) is 1.58. The molecule has 3 aromatic heterocycles. The third-order valence-corrected chi connectivity index (χ3v) is 9.76. The van der Waals surface area contributed by atoms with Crippen molar-refractivity contribution >= 4 is 28.2 Å². The lowest BCUT2D eigenvalue weighted by Crippen LogP contribution is -2.45. The summed E-state index contributed by atoms with van der Waals surface area (Å²) in [5, 5.41) is 6.34. The van der Waals surface area contributed by atoms with Gasteiger partial charge in [0, 0.05) is 63.0 Å². The molecule has 0 spiro atoms. The van der Waals surface area contributed by atoms with E-state index in [4.69, 9.17) is 15.6 Å². The maximum atomic E-state index is 13.3. The maximum Gasteiger partial charge on any atom is 0.255 e. The van der Waals surface area contributed by atoms with Gasteiger partial charge in [0.2, 0.25) is 5.91 Å². The minimum absolute atomic E-state index is 0.0224. The highest BCUT2D eigenvalue weighted by Gasteiger charge is 2.30. The number of nitrogens with two attached hydrogens (primary N) is 1. The summed E-state index contributed by atoms with van der Waals surface area (Å²) in [4.78, 5) is 29.6. The molecule has 4 aromatic rings. The van der Waals surface area contributed by atoms with E-state index in [1.807, 2.05) is 32.6 Å². The Balaban J connectivity index is 1.25. The van der Waals surface area contributed by atoms with E-state index in [0.717, 1.165) is 74.3 Å². The van der Waals surface area contributed by atoms with Crippen LogP contribution in [0.25, 0.3) is 27.8 Å². The minimum atomic E-state index is 0.0224. The molecule has 1 unspecified atom stereocenters. The van der Waals surface area contributed by atoms with E-state index in [9.17, 15) is 9.59 Å². The average Bonchev–Trinajstić information content (AvgIpc) is 3.69. The Labute approximate surface area is 252 Å². The molecule has 1 atom stereocenters.